The summed E-state index contributed by atoms with van der Waals surface area (Å²) in [7, 11) is 0. The molecule has 2 aromatic heterocycles. The number of imidazole rings is 1. The molecule has 10 aromatic rings. The number of para-hydroxylation sites is 1. The molecule has 0 spiro atoms. The number of phenolic OH excluding ortho intramolecular Hbond substituents is 1. The Morgan fingerprint density at radius 2 is 1.04 bits per heavy atom. The van der Waals surface area contributed by atoms with Gasteiger partial charge in [0, 0.05) is 44.1 Å². The molecule has 5 heteroatoms. The van der Waals surface area contributed by atoms with E-state index in [2.05, 4.69) is 262 Å². The summed E-state index contributed by atoms with van der Waals surface area (Å²) in [6, 6.07) is 68.6. The van der Waals surface area contributed by atoms with Crippen LogP contribution < -0.4 is 0 Å². The van der Waals surface area contributed by atoms with Crippen LogP contribution in [0.5, 0.6) is 5.75 Å². The van der Waals surface area contributed by atoms with Gasteiger partial charge < -0.3 is 5.11 Å². The van der Waals surface area contributed by atoms with Gasteiger partial charge in [-0.1, -0.05) is 219 Å². The van der Waals surface area contributed by atoms with Gasteiger partial charge in [-0.05, 0) is 104 Å². The fraction of sp³-hybridized carbons (Fsp3) is 0.194. The van der Waals surface area contributed by atoms with Crippen molar-refractivity contribution in [2.24, 2.45) is 0 Å². The molecule has 362 valence electrons. The summed E-state index contributed by atoms with van der Waals surface area (Å²) in [5, 5.41) is 12.7. The molecule has 0 aliphatic heterocycles. The van der Waals surface area contributed by atoms with Crippen LogP contribution in [0.15, 0.2) is 188 Å². The molecule has 0 aliphatic carbocycles. The minimum Gasteiger partial charge on any atom is -0.507 e. The van der Waals surface area contributed by atoms with E-state index in [-0.39, 0.29) is 43.1 Å². The van der Waals surface area contributed by atoms with Crippen molar-refractivity contribution < 1.29 is 26.2 Å². The summed E-state index contributed by atoms with van der Waals surface area (Å²) >= 11 is 0. The third kappa shape index (κ3) is 9.78. The topological polar surface area (TPSA) is 50.9 Å². The summed E-state index contributed by atoms with van der Waals surface area (Å²) in [5.74, 6) is 0.895. The van der Waals surface area contributed by atoms with Crippen molar-refractivity contribution in [3.8, 4) is 89.7 Å². The molecule has 0 aliphatic rings. The first-order valence-corrected chi connectivity index (χ1v) is 24.8. The van der Waals surface area contributed by atoms with Crippen molar-refractivity contribution in [2.45, 2.75) is 85.5 Å². The van der Waals surface area contributed by atoms with Crippen LogP contribution in [-0.2, 0) is 37.3 Å². The molecular formula is C67H62N3OPt-. The van der Waals surface area contributed by atoms with E-state index in [1.807, 2.05) is 6.20 Å². The van der Waals surface area contributed by atoms with Gasteiger partial charge in [0.05, 0.1) is 22.3 Å². The van der Waals surface area contributed by atoms with E-state index < -0.39 is 0 Å². The van der Waals surface area contributed by atoms with Crippen LogP contribution in [0.1, 0.15) is 84.6 Å². The van der Waals surface area contributed by atoms with Gasteiger partial charge >= 0.3 is 0 Å². The van der Waals surface area contributed by atoms with E-state index in [9.17, 15) is 5.11 Å². The van der Waals surface area contributed by atoms with Crippen molar-refractivity contribution in [1.29, 1.82) is 0 Å². The third-order valence-corrected chi connectivity index (χ3v) is 13.8. The quantitative estimate of drug-likeness (QED) is 0.154. The van der Waals surface area contributed by atoms with E-state index in [4.69, 9.17) is 9.97 Å². The number of rotatable bonds is 8. The Kier molecular flexibility index (Phi) is 13.5. The summed E-state index contributed by atoms with van der Waals surface area (Å²) < 4.78 is 2.29. The summed E-state index contributed by atoms with van der Waals surface area (Å²) in [6.45, 7) is 22.1. The maximum atomic E-state index is 12.7. The Hall–Kier alpha value is -7.13. The molecule has 0 bridgehead atoms. The SMILES string of the molecule is Cc1cc(-c2ccccc2)c(-n2c(-c3cc(C(C)(C)C)cc(C(C)(C)C)c3O)nc3c(-c4[c-]c(-c5cc(-c6ccc(C(C)(C)C)cc6)ccn5)cc(-c5ccccc5)c4)cccc32)cc1-c1ccccc1.[Pt]. The molecule has 0 radical (unpaired) electrons. The summed E-state index contributed by atoms with van der Waals surface area (Å²) in [6.07, 6.45) is 1.90. The van der Waals surface area contributed by atoms with E-state index in [1.165, 1.54) is 5.56 Å². The van der Waals surface area contributed by atoms with Crippen LogP contribution in [0.2, 0.25) is 0 Å². The first-order valence-electron chi connectivity index (χ1n) is 24.8. The second-order valence-corrected chi connectivity index (χ2v) is 22.1. The summed E-state index contributed by atoms with van der Waals surface area (Å²) in [5.41, 5.74) is 19.6. The number of benzene rings is 8. The van der Waals surface area contributed by atoms with Gasteiger partial charge in [0.2, 0.25) is 0 Å². The molecule has 8 aromatic carbocycles. The first kappa shape index (κ1) is 49.8. The maximum absolute atomic E-state index is 12.7. The van der Waals surface area contributed by atoms with Gasteiger partial charge in [-0.25, -0.2) is 4.98 Å². The third-order valence-electron chi connectivity index (χ3n) is 13.8. The molecule has 2 heterocycles. The van der Waals surface area contributed by atoms with E-state index in [1.54, 1.807) is 0 Å². The zero-order chi connectivity index (χ0) is 49.8. The van der Waals surface area contributed by atoms with Crippen molar-refractivity contribution >= 4 is 11.0 Å². The Balaban J connectivity index is 0.00000640. The molecule has 10 rings (SSSR count). The molecule has 0 atom stereocenters. The number of phenols is 1. The molecule has 4 nitrogen and oxygen atoms in total. The van der Waals surface area contributed by atoms with Crippen LogP contribution >= 0.6 is 0 Å². The number of aromatic hydroxyl groups is 1. The molecule has 0 saturated heterocycles. The minimum atomic E-state index is -0.355. The predicted molar refractivity (Wildman–Crippen MR) is 298 cm³/mol. The second kappa shape index (κ2) is 19.5. The zero-order valence-corrected chi connectivity index (χ0v) is 45.3. The monoisotopic (exact) mass is 1120 g/mol. The van der Waals surface area contributed by atoms with Gasteiger partial charge in [0.25, 0.3) is 0 Å². The average Bonchev–Trinajstić information content (AvgIpc) is 3.75. The number of fused-ring (bicyclic) bond motifs is 1. The molecule has 0 amide bonds. The number of hydrogen-bond donors (Lipinski definition) is 1. The number of hydrogen-bond acceptors (Lipinski definition) is 3. The smallest absolute Gasteiger partial charge is 0.148 e. The van der Waals surface area contributed by atoms with Crippen LogP contribution in [0.4, 0.5) is 0 Å². The Morgan fingerprint density at radius 3 is 1.65 bits per heavy atom. The van der Waals surface area contributed by atoms with Gasteiger partial charge in [-0.15, -0.1) is 23.8 Å². The second-order valence-electron chi connectivity index (χ2n) is 22.1. The molecule has 0 saturated carbocycles. The number of aryl methyl sites for hydroxylation is 1. The normalized spacial score (nSPS) is 12.0. The number of nitrogens with zero attached hydrogens (tertiary/aromatic N) is 3. The summed E-state index contributed by atoms with van der Waals surface area (Å²) in [4.78, 5) is 10.7. The number of pyridine rings is 1. The zero-order valence-electron chi connectivity index (χ0n) is 43.0. The first-order chi connectivity index (χ1) is 33.9. The van der Waals surface area contributed by atoms with Gasteiger partial charge in [-0.3, -0.25) is 9.55 Å². The average molecular weight is 1120 g/mol. The fourth-order valence-corrected chi connectivity index (χ4v) is 9.78. The van der Waals surface area contributed by atoms with Crippen LogP contribution in [-0.4, -0.2) is 19.6 Å². The van der Waals surface area contributed by atoms with Crippen molar-refractivity contribution in [3.05, 3.63) is 217 Å². The van der Waals surface area contributed by atoms with Gasteiger partial charge in [0.1, 0.15) is 11.6 Å². The van der Waals surface area contributed by atoms with Crippen LogP contribution in [0, 0.1) is 13.0 Å². The largest absolute Gasteiger partial charge is 0.507 e. The van der Waals surface area contributed by atoms with Crippen LogP contribution in [0.3, 0.4) is 0 Å². The van der Waals surface area contributed by atoms with Crippen molar-refractivity contribution in [1.82, 2.24) is 14.5 Å². The Morgan fingerprint density at radius 1 is 0.458 bits per heavy atom. The standard InChI is InChI=1S/C67H62N3O.Pt/c1-43-35-56(47-25-18-13-19-26-47)61(42-55(43)46-23-16-12-17-24-46)70-60-28-20-27-54(62(60)69-64(70)57-40-53(66(5,6)7)41-58(63(57)71)67(8,9)10)50-36-49(44-21-14-11-15-22-44)37-51(38-50)59-39-48(33-34-68-59)45-29-31-52(32-30-45)65(2,3)4;/h11-37,39-42,71H,1-10H3;/q-1;. The fourth-order valence-electron chi connectivity index (χ4n) is 9.78. The van der Waals surface area contributed by atoms with Crippen molar-refractivity contribution in [2.75, 3.05) is 0 Å². The molecule has 0 unspecified atom stereocenters. The van der Waals surface area contributed by atoms with E-state index >= 15 is 0 Å². The minimum absolute atomic E-state index is 0. The molecular weight excluding hydrogens is 1060 g/mol. The van der Waals surface area contributed by atoms with E-state index in [0.717, 1.165) is 100 Å². The molecule has 0 fully saturated rings. The molecule has 1 N–H and O–H groups in total. The maximum Gasteiger partial charge on any atom is 0.148 e. The van der Waals surface area contributed by atoms with Crippen LogP contribution in [0.25, 0.3) is 95.0 Å². The van der Waals surface area contributed by atoms with E-state index in [0.29, 0.717) is 11.4 Å². The predicted octanol–water partition coefficient (Wildman–Crippen LogP) is 17.8. The van der Waals surface area contributed by atoms with Gasteiger partial charge in [-0.2, -0.15) is 0 Å². The van der Waals surface area contributed by atoms with Gasteiger partial charge in [0.15, 0.2) is 0 Å². The Bertz CT molecular complexity index is 3570. The molecule has 72 heavy (non-hydrogen) atoms. The Labute approximate surface area is 440 Å². The van der Waals surface area contributed by atoms with Crippen molar-refractivity contribution in [3.63, 3.8) is 0 Å². The number of aromatic nitrogens is 3.